The first kappa shape index (κ1) is 14.9. The van der Waals surface area contributed by atoms with E-state index in [-0.39, 0.29) is 11.5 Å². The number of hydrogen-bond acceptors (Lipinski definition) is 5. The van der Waals surface area contributed by atoms with Crippen LogP contribution in [0.25, 0.3) is 0 Å². The number of rotatable bonds is 3. The predicted octanol–water partition coefficient (Wildman–Crippen LogP) is 0.970. The van der Waals surface area contributed by atoms with E-state index in [0.29, 0.717) is 0 Å². The number of urea groups is 1. The standard InChI is InChI=1S/C10H11FN2O5S/c1-2-18-10(15)12-9(14)13-19(16,17)8-5-3-7(11)4-6-8/h3-6H,2H2,1H3,(H2,12,13,14,15). The molecule has 19 heavy (non-hydrogen) atoms. The minimum atomic E-state index is -4.17. The van der Waals surface area contributed by atoms with Gasteiger partial charge in [0.15, 0.2) is 0 Å². The maximum absolute atomic E-state index is 12.6. The Bertz CT molecular complexity index is 570. The lowest BCUT2D eigenvalue weighted by atomic mass is 10.4. The zero-order valence-electron chi connectivity index (χ0n) is 9.84. The van der Waals surface area contributed by atoms with Crippen LogP contribution in [0.1, 0.15) is 6.92 Å². The van der Waals surface area contributed by atoms with Gasteiger partial charge in [-0.15, -0.1) is 0 Å². The zero-order valence-corrected chi connectivity index (χ0v) is 10.7. The summed E-state index contributed by atoms with van der Waals surface area (Å²) in [6.45, 7) is 1.55. The Balaban J connectivity index is 2.72. The first-order valence-electron chi connectivity index (χ1n) is 5.11. The Morgan fingerprint density at radius 1 is 1.26 bits per heavy atom. The number of carbonyl (C=O) groups is 2. The van der Waals surface area contributed by atoms with E-state index < -0.39 is 28.0 Å². The van der Waals surface area contributed by atoms with Gasteiger partial charge < -0.3 is 4.74 Å². The molecule has 0 saturated carbocycles. The molecule has 0 aliphatic carbocycles. The van der Waals surface area contributed by atoms with E-state index in [0.717, 1.165) is 24.3 Å². The first-order valence-corrected chi connectivity index (χ1v) is 6.59. The van der Waals surface area contributed by atoms with Crippen LogP contribution in [0.5, 0.6) is 0 Å². The van der Waals surface area contributed by atoms with Crippen LogP contribution < -0.4 is 10.0 Å². The van der Waals surface area contributed by atoms with Gasteiger partial charge in [-0.25, -0.2) is 32.4 Å². The SMILES string of the molecule is CCOC(=O)NC(=O)NS(=O)(=O)c1ccc(F)cc1. The van der Waals surface area contributed by atoms with Crippen LogP contribution in [0, 0.1) is 5.82 Å². The highest BCUT2D eigenvalue weighted by Crippen LogP contribution is 2.09. The second-order valence-corrected chi connectivity index (χ2v) is 4.92. The van der Waals surface area contributed by atoms with Gasteiger partial charge in [-0.1, -0.05) is 0 Å². The van der Waals surface area contributed by atoms with Crippen LogP contribution in [0.2, 0.25) is 0 Å². The molecular weight excluding hydrogens is 279 g/mol. The van der Waals surface area contributed by atoms with Crippen LogP contribution >= 0.6 is 0 Å². The van der Waals surface area contributed by atoms with Crippen LogP contribution in [0.4, 0.5) is 14.0 Å². The van der Waals surface area contributed by atoms with Crippen LogP contribution in [-0.2, 0) is 14.8 Å². The number of halogens is 1. The van der Waals surface area contributed by atoms with E-state index in [2.05, 4.69) is 4.74 Å². The molecule has 0 bridgehead atoms. The third-order valence-corrected chi connectivity index (χ3v) is 3.19. The second kappa shape index (κ2) is 6.14. The molecule has 0 heterocycles. The molecule has 0 unspecified atom stereocenters. The summed E-state index contributed by atoms with van der Waals surface area (Å²) in [5.41, 5.74) is 0. The molecule has 0 atom stereocenters. The van der Waals surface area contributed by atoms with E-state index in [9.17, 15) is 22.4 Å². The minimum absolute atomic E-state index is 0.0316. The summed E-state index contributed by atoms with van der Waals surface area (Å²) in [6, 6.07) is 2.56. The van der Waals surface area contributed by atoms with Gasteiger partial charge in [0.05, 0.1) is 11.5 Å². The molecule has 3 amide bonds. The van der Waals surface area contributed by atoms with Crippen molar-refractivity contribution in [3.05, 3.63) is 30.1 Å². The van der Waals surface area contributed by atoms with Crippen molar-refractivity contribution in [3.8, 4) is 0 Å². The summed E-state index contributed by atoms with van der Waals surface area (Å²) in [6.07, 6.45) is -1.07. The molecule has 0 aliphatic rings. The summed E-state index contributed by atoms with van der Waals surface area (Å²) in [5.74, 6) is -0.616. The van der Waals surface area contributed by atoms with Gasteiger partial charge in [-0.2, -0.15) is 0 Å². The van der Waals surface area contributed by atoms with E-state index in [1.165, 1.54) is 6.92 Å². The number of hydrogen-bond donors (Lipinski definition) is 2. The maximum Gasteiger partial charge on any atom is 0.415 e. The summed E-state index contributed by atoms with van der Waals surface area (Å²) in [4.78, 5) is 21.8. The topological polar surface area (TPSA) is 102 Å². The highest BCUT2D eigenvalue weighted by Gasteiger charge is 2.19. The van der Waals surface area contributed by atoms with Crippen LogP contribution in [0.3, 0.4) is 0 Å². The Morgan fingerprint density at radius 3 is 2.37 bits per heavy atom. The monoisotopic (exact) mass is 290 g/mol. The molecular formula is C10H11FN2O5S. The third kappa shape index (κ3) is 4.54. The molecule has 0 radical (unpaired) electrons. The van der Waals surface area contributed by atoms with Crippen molar-refractivity contribution in [1.29, 1.82) is 0 Å². The Labute approximate surface area is 108 Å². The molecule has 104 valence electrons. The van der Waals surface area contributed by atoms with E-state index in [1.807, 2.05) is 0 Å². The van der Waals surface area contributed by atoms with Crippen molar-refractivity contribution in [2.75, 3.05) is 6.61 Å². The smallest absolute Gasteiger partial charge is 0.415 e. The van der Waals surface area contributed by atoms with Gasteiger partial charge >= 0.3 is 12.1 Å². The molecule has 0 fully saturated rings. The average Bonchev–Trinajstić information content (AvgIpc) is 2.28. The number of ether oxygens (including phenoxy) is 1. The first-order chi connectivity index (χ1) is 8.85. The lowest BCUT2D eigenvalue weighted by molar-refractivity contribution is 0.153. The van der Waals surface area contributed by atoms with Crippen molar-refractivity contribution in [1.82, 2.24) is 10.0 Å². The number of benzene rings is 1. The molecule has 0 spiro atoms. The summed E-state index contributed by atoms with van der Waals surface area (Å²) >= 11 is 0. The maximum atomic E-state index is 12.6. The van der Waals surface area contributed by atoms with E-state index in [1.54, 1.807) is 10.0 Å². The molecule has 1 rings (SSSR count). The van der Waals surface area contributed by atoms with E-state index in [4.69, 9.17) is 0 Å². The second-order valence-electron chi connectivity index (χ2n) is 3.23. The quantitative estimate of drug-likeness (QED) is 0.863. The van der Waals surface area contributed by atoms with Crippen molar-refractivity contribution in [3.63, 3.8) is 0 Å². The number of imide groups is 1. The molecule has 9 heteroatoms. The van der Waals surface area contributed by atoms with Crippen molar-refractivity contribution in [2.24, 2.45) is 0 Å². The number of carbonyl (C=O) groups excluding carboxylic acids is 2. The van der Waals surface area contributed by atoms with Gasteiger partial charge in [0, 0.05) is 0 Å². The summed E-state index contributed by atoms with van der Waals surface area (Å²) < 4.78 is 41.9. The Morgan fingerprint density at radius 2 is 1.84 bits per heavy atom. The van der Waals surface area contributed by atoms with Gasteiger partial charge in [0.25, 0.3) is 10.0 Å². The zero-order chi connectivity index (χ0) is 14.5. The lowest BCUT2D eigenvalue weighted by Crippen LogP contribution is -2.42. The average molecular weight is 290 g/mol. The Kier molecular flexibility index (Phi) is 4.81. The summed E-state index contributed by atoms with van der Waals surface area (Å²) in [5, 5.41) is 1.65. The predicted molar refractivity (Wildman–Crippen MR) is 62.3 cm³/mol. The number of nitrogens with one attached hydrogen (secondary N) is 2. The number of alkyl carbamates (subject to hydrolysis) is 1. The van der Waals surface area contributed by atoms with Gasteiger partial charge in [-0.05, 0) is 31.2 Å². The largest absolute Gasteiger partial charge is 0.450 e. The van der Waals surface area contributed by atoms with Crippen LogP contribution in [-0.4, -0.2) is 27.1 Å². The molecule has 0 aromatic heterocycles. The summed E-state index contributed by atoms with van der Waals surface area (Å²) in [7, 11) is -4.17. The highest BCUT2D eigenvalue weighted by molar-refractivity contribution is 7.90. The lowest BCUT2D eigenvalue weighted by Gasteiger charge is -2.07. The fourth-order valence-corrected chi connectivity index (χ4v) is 1.99. The molecule has 1 aromatic carbocycles. The molecule has 2 N–H and O–H groups in total. The third-order valence-electron chi connectivity index (χ3n) is 1.84. The molecule has 0 saturated heterocycles. The molecule has 0 aliphatic heterocycles. The van der Waals surface area contributed by atoms with Crippen molar-refractivity contribution in [2.45, 2.75) is 11.8 Å². The number of sulfonamides is 1. The van der Waals surface area contributed by atoms with Crippen molar-refractivity contribution < 1.29 is 27.1 Å². The normalized spacial score (nSPS) is 10.6. The van der Waals surface area contributed by atoms with E-state index >= 15 is 0 Å². The molecule has 1 aromatic rings. The van der Waals surface area contributed by atoms with Crippen LogP contribution in [0.15, 0.2) is 29.2 Å². The van der Waals surface area contributed by atoms with Crippen molar-refractivity contribution >= 4 is 22.1 Å². The minimum Gasteiger partial charge on any atom is -0.450 e. The van der Waals surface area contributed by atoms with Gasteiger partial charge in [0.1, 0.15) is 5.82 Å². The van der Waals surface area contributed by atoms with Gasteiger partial charge in [0.2, 0.25) is 0 Å². The number of amides is 3. The highest BCUT2D eigenvalue weighted by atomic mass is 32.2. The van der Waals surface area contributed by atoms with Gasteiger partial charge in [-0.3, -0.25) is 0 Å². The Hall–Kier alpha value is -2.16. The molecule has 7 nitrogen and oxygen atoms in total. The fraction of sp³-hybridized carbons (Fsp3) is 0.200. The fourth-order valence-electron chi connectivity index (χ4n) is 1.08.